The van der Waals surface area contributed by atoms with Gasteiger partial charge >= 0.3 is 0 Å². The molecule has 1 nitrogen and oxygen atoms in total. The lowest BCUT2D eigenvalue weighted by molar-refractivity contribution is 0.420. The van der Waals surface area contributed by atoms with E-state index in [0.717, 1.165) is 17.0 Å². The van der Waals surface area contributed by atoms with Crippen LogP contribution in [0.25, 0.3) is 11.1 Å². The third-order valence-corrected chi connectivity index (χ3v) is 3.70. The summed E-state index contributed by atoms with van der Waals surface area (Å²) in [6, 6.07) is 16.1. The molecule has 1 heteroatoms. The zero-order valence-corrected chi connectivity index (χ0v) is 9.76. The summed E-state index contributed by atoms with van der Waals surface area (Å²) in [5.74, 6) is 1.12. The molecule has 0 heterocycles. The minimum atomic E-state index is 0.351. The van der Waals surface area contributed by atoms with E-state index in [9.17, 15) is 5.11 Å². The van der Waals surface area contributed by atoms with Crippen molar-refractivity contribution >= 4 is 0 Å². The molecule has 1 fully saturated rings. The summed E-state index contributed by atoms with van der Waals surface area (Å²) in [7, 11) is 0. The van der Waals surface area contributed by atoms with Crippen LogP contribution < -0.4 is 0 Å². The minimum Gasteiger partial charge on any atom is -0.507 e. The van der Waals surface area contributed by atoms with Crippen molar-refractivity contribution < 1.29 is 5.11 Å². The van der Waals surface area contributed by atoms with Gasteiger partial charge in [0.25, 0.3) is 0 Å². The molecule has 0 aromatic heterocycles. The number of hydrogen-bond acceptors (Lipinski definition) is 1. The highest BCUT2D eigenvalue weighted by atomic mass is 16.3. The van der Waals surface area contributed by atoms with Gasteiger partial charge in [0.2, 0.25) is 0 Å². The van der Waals surface area contributed by atoms with Crippen LogP contribution >= 0.6 is 0 Å². The van der Waals surface area contributed by atoms with Crippen LogP contribution in [0.3, 0.4) is 0 Å². The Balaban J connectivity index is 1.91. The molecule has 1 N–H and O–H groups in total. The quantitative estimate of drug-likeness (QED) is 0.805. The van der Waals surface area contributed by atoms with Crippen molar-refractivity contribution in [2.24, 2.45) is 0 Å². The third-order valence-electron chi connectivity index (χ3n) is 3.70. The molecule has 3 rings (SSSR count). The number of benzene rings is 2. The summed E-state index contributed by atoms with van der Waals surface area (Å²) in [4.78, 5) is 0. The number of rotatable bonds is 2. The van der Waals surface area contributed by atoms with E-state index in [1.807, 2.05) is 18.2 Å². The van der Waals surface area contributed by atoms with Gasteiger partial charge in [0, 0.05) is 5.56 Å². The SMILES string of the molecule is Oc1ccccc1-c1ccc(C2CCC2)cc1. The molecule has 1 aliphatic rings. The Kier molecular flexibility index (Phi) is 2.60. The van der Waals surface area contributed by atoms with E-state index in [1.54, 1.807) is 6.07 Å². The molecule has 86 valence electrons. The Morgan fingerprint density at radius 3 is 2.18 bits per heavy atom. The van der Waals surface area contributed by atoms with Crippen molar-refractivity contribution in [3.05, 3.63) is 54.1 Å². The van der Waals surface area contributed by atoms with Crippen molar-refractivity contribution in [3.63, 3.8) is 0 Å². The Morgan fingerprint density at radius 2 is 1.59 bits per heavy atom. The molecule has 17 heavy (non-hydrogen) atoms. The maximum atomic E-state index is 9.80. The molecule has 1 aliphatic carbocycles. The van der Waals surface area contributed by atoms with Crippen LogP contribution in [0, 0.1) is 0 Å². The van der Waals surface area contributed by atoms with Crippen molar-refractivity contribution in [1.29, 1.82) is 0 Å². The Morgan fingerprint density at radius 1 is 0.882 bits per heavy atom. The molecule has 0 saturated heterocycles. The van der Waals surface area contributed by atoms with Gasteiger partial charge in [-0.05, 0) is 36.0 Å². The average molecular weight is 224 g/mol. The molecule has 0 unspecified atom stereocenters. The topological polar surface area (TPSA) is 20.2 Å². The zero-order chi connectivity index (χ0) is 11.7. The van der Waals surface area contributed by atoms with Crippen molar-refractivity contribution in [2.45, 2.75) is 25.2 Å². The predicted octanol–water partition coefficient (Wildman–Crippen LogP) is 4.33. The summed E-state index contributed by atoms with van der Waals surface area (Å²) in [5, 5.41) is 9.80. The monoisotopic (exact) mass is 224 g/mol. The molecule has 2 aromatic carbocycles. The molecule has 0 amide bonds. The van der Waals surface area contributed by atoms with E-state index >= 15 is 0 Å². The van der Waals surface area contributed by atoms with E-state index in [-0.39, 0.29) is 0 Å². The van der Waals surface area contributed by atoms with E-state index < -0.39 is 0 Å². The van der Waals surface area contributed by atoms with Gasteiger partial charge in [0.1, 0.15) is 5.75 Å². The molecular formula is C16H16O. The maximum Gasteiger partial charge on any atom is 0.123 e. The van der Waals surface area contributed by atoms with E-state index in [4.69, 9.17) is 0 Å². The van der Waals surface area contributed by atoms with Crippen LogP contribution in [0.1, 0.15) is 30.7 Å². The standard InChI is InChI=1S/C16H16O/c17-16-7-2-1-6-15(16)14-10-8-13(9-11-14)12-4-3-5-12/h1-2,6-12,17H,3-5H2. The van der Waals surface area contributed by atoms with Gasteiger partial charge in [-0.15, -0.1) is 0 Å². The largest absolute Gasteiger partial charge is 0.507 e. The number of para-hydroxylation sites is 1. The highest BCUT2D eigenvalue weighted by molar-refractivity contribution is 5.70. The molecule has 0 radical (unpaired) electrons. The molecule has 1 saturated carbocycles. The summed E-state index contributed by atoms with van der Waals surface area (Å²) in [6.07, 6.45) is 4.03. The summed E-state index contributed by atoms with van der Waals surface area (Å²) in [6.45, 7) is 0. The summed E-state index contributed by atoms with van der Waals surface area (Å²) < 4.78 is 0. The van der Waals surface area contributed by atoms with Crippen molar-refractivity contribution in [1.82, 2.24) is 0 Å². The number of phenols is 1. The molecule has 0 bridgehead atoms. The highest BCUT2D eigenvalue weighted by Crippen LogP contribution is 2.37. The van der Waals surface area contributed by atoms with Crippen LogP contribution in [-0.4, -0.2) is 5.11 Å². The minimum absolute atomic E-state index is 0.351. The molecule has 0 spiro atoms. The van der Waals surface area contributed by atoms with Gasteiger partial charge in [-0.2, -0.15) is 0 Å². The van der Waals surface area contributed by atoms with Crippen LogP contribution in [-0.2, 0) is 0 Å². The number of hydrogen-bond donors (Lipinski definition) is 1. The lowest BCUT2D eigenvalue weighted by Gasteiger charge is -2.25. The smallest absolute Gasteiger partial charge is 0.123 e. The van der Waals surface area contributed by atoms with Gasteiger partial charge < -0.3 is 5.11 Å². The van der Waals surface area contributed by atoms with Gasteiger partial charge in [0.05, 0.1) is 0 Å². The van der Waals surface area contributed by atoms with E-state index in [0.29, 0.717) is 5.75 Å². The summed E-state index contributed by atoms with van der Waals surface area (Å²) >= 11 is 0. The second-order valence-corrected chi connectivity index (χ2v) is 4.77. The first-order chi connectivity index (χ1) is 8.34. The van der Waals surface area contributed by atoms with Crippen LogP contribution in [0.4, 0.5) is 0 Å². The average Bonchev–Trinajstić information content (AvgIpc) is 2.29. The van der Waals surface area contributed by atoms with Crippen LogP contribution in [0.2, 0.25) is 0 Å². The Labute approximate surface area is 102 Å². The third kappa shape index (κ3) is 1.93. The Hall–Kier alpha value is -1.76. The molecular weight excluding hydrogens is 208 g/mol. The zero-order valence-electron chi connectivity index (χ0n) is 9.76. The van der Waals surface area contributed by atoms with E-state index in [2.05, 4.69) is 24.3 Å². The Bertz CT molecular complexity index is 509. The number of phenolic OH excluding ortho intramolecular Hbond substituents is 1. The fourth-order valence-corrected chi connectivity index (χ4v) is 2.39. The van der Waals surface area contributed by atoms with Crippen LogP contribution in [0.5, 0.6) is 5.75 Å². The van der Waals surface area contributed by atoms with Gasteiger partial charge in [-0.3, -0.25) is 0 Å². The van der Waals surface area contributed by atoms with Gasteiger partial charge in [-0.25, -0.2) is 0 Å². The fraction of sp³-hybridized carbons (Fsp3) is 0.250. The molecule has 0 aliphatic heterocycles. The summed E-state index contributed by atoms with van der Waals surface area (Å²) in [5.41, 5.74) is 3.44. The van der Waals surface area contributed by atoms with Crippen molar-refractivity contribution in [3.8, 4) is 16.9 Å². The molecule has 0 atom stereocenters. The molecule has 2 aromatic rings. The normalized spacial score (nSPS) is 15.5. The maximum absolute atomic E-state index is 9.80. The van der Waals surface area contributed by atoms with E-state index in [1.165, 1.54) is 24.8 Å². The van der Waals surface area contributed by atoms with Gasteiger partial charge in [0.15, 0.2) is 0 Å². The first-order valence-corrected chi connectivity index (χ1v) is 6.23. The van der Waals surface area contributed by atoms with Gasteiger partial charge in [-0.1, -0.05) is 48.9 Å². The highest BCUT2D eigenvalue weighted by Gasteiger charge is 2.19. The lowest BCUT2D eigenvalue weighted by Crippen LogP contribution is -2.08. The lowest BCUT2D eigenvalue weighted by atomic mass is 9.80. The van der Waals surface area contributed by atoms with Crippen LogP contribution in [0.15, 0.2) is 48.5 Å². The fourth-order valence-electron chi connectivity index (χ4n) is 2.39. The predicted molar refractivity (Wildman–Crippen MR) is 70.1 cm³/mol. The second kappa shape index (κ2) is 4.25. The number of aromatic hydroxyl groups is 1. The first-order valence-electron chi connectivity index (χ1n) is 6.23. The van der Waals surface area contributed by atoms with Crippen molar-refractivity contribution in [2.75, 3.05) is 0 Å². The first kappa shape index (κ1) is 10.4. The second-order valence-electron chi connectivity index (χ2n) is 4.77.